The Morgan fingerprint density at radius 1 is 0.480 bits per heavy atom. The Balaban J connectivity index is 5.40. The molecule has 3 atom stereocenters. The lowest BCUT2D eigenvalue weighted by molar-refractivity contribution is -0.870. The zero-order chi connectivity index (χ0) is 55.0. The lowest BCUT2D eigenvalue weighted by Gasteiger charge is -2.30. The largest absolute Gasteiger partial charge is 0.756 e. The fourth-order valence-electron chi connectivity index (χ4n) is 8.28. The molecule has 0 aromatic rings. The summed E-state index contributed by atoms with van der Waals surface area (Å²) in [5, 5.41) is 3.01. The third-order valence-corrected chi connectivity index (χ3v) is 14.0. The Bertz CT molecular complexity index is 1610. The summed E-state index contributed by atoms with van der Waals surface area (Å²) in [4.78, 5) is 40.0. The van der Waals surface area contributed by atoms with Gasteiger partial charge in [-0.25, -0.2) is 0 Å². The molecule has 9 nitrogen and oxygen atoms in total. The Labute approximate surface area is 462 Å². The van der Waals surface area contributed by atoms with Crippen LogP contribution in [0.5, 0.6) is 0 Å². The number of quaternary nitrogens is 1. The van der Waals surface area contributed by atoms with Crippen molar-refractivity contribution >= 4 is 19.7 Å². The van der Waals surface area contributed by atoms with E-state index >= 15 is 0 Å². The molecular formula is C65H115N2O7P. The number of allylic oxidation sites excluding steroid dienone is 15. The van der Waals surface area contributed by atoms with E-state index in [2.05, 4.69) is 111 Å². The van der Waals surface area contributed by atoms with Crippen LogP contribution in [-0.2, 0) is 27.9 Å². The molecule has 1 amide bonds. The monoisotopic (exact) mass is 1070 g/mol. The topological polar surface area (TPSA) is 114 Å². The van der Waals surface area contributed by atoms with E-state index in [0.29, 0.717) is 23.9 Å². The van der Waals surface area contributed by atoms with E-state index in [1.54, 1.807) is 0 Å². The molecule has 0 aromatic heterocycles. The Morgan fingerprint density at radius 2 is 0.853 bits per heavy atom. The van der Waals surface area contributed by atoms with Crippen LogP contribution >= 0.6 is 7.82 Å². The van der Waals surface area contributed by atoms with Gasteiger partial charge in [0.2, 0.25) is 5.91 Å². The van der Waals surface area contributed by atoms with Crippen LogP contribution in [0, 0.1) is 0 Å². The van der Waals surface area contributed by atoms with E-state index in [-0.39, 0.29) is 24.9 Å². The highest BCUT2D eigenvalue weighted by Gasteiger charge is 2.27. The molecule has 0 aromatic carbocycles. The Kier molecular flexibility index (Phi) is 52.1. The van der Waals surface area contributed by atoms with Crippen LogP contribution in [0.15, 0.2) is 97.2 Å². The highest BCUT2D eigenvalue weighted by Crippen LogP contribution is 2.38. The standard InChI is InChI=1S/C65H115N2O7P/c1-7-10-13-16-19-22-25-28-30-31-32-33-34-35-37-40-43-46-49-52-55-58-65(69)74-63(56-53-50-47-44-41-38-27-24-21-18-15-12-9-3)62(61-73-75(70,71)72-60-59-67(4,5)6)66-64(68)57-54-51-48-45-42-39-36-29-26-23-20-17-14-11-8-2/h10,13,19,22-23,26,28,30,32-33,35,37,43,46,53,56,62-63H,7-9,11-12,14-18,20-21,24-25,27,29,31,34,36,38-42,44-45,47-52,54-55,57-61H2,1-6H3,(H-,66,68,70,71)/b13-10-,22-19-,26-23-,30-28-,33-32-,37-35-,46-43-,56-53-. The van der Waals surface area contributed by atoms with Gasteiger partial charge in [-0.05, 0) is 109 Å². The van der Waals surface area contributed by atoms with Crippen molar-refractivity contribution in [1.29, 1.82) is 0 Å². The molecule has 0 saturated carbocycles. The number of nitrogens with zero attached hydrogens (tertiary/aromatic N) is 1. The van der Waals surface area contributed by atoms with Crippen molar-refractivity contribution in [3.63, 3.8) is 0 Å². The molecule has 0 saturated heterocycles. The molecule has 3 unspecified atom stereocenters. The van der Waals surface area contributed by atoms with Crippen LogP contribution in [0.1, 0.15) is 252 Å². The first kappa shape index (κ1) is 71.9. The Hall–Kier alpha value is -3.07. The third kappa shape index (κ3) is 55.5. The normalized spacial score (nSPS) is 14.4. The number of esters is 1. The maximum atomic E-state index is 13.5. The lowest BCUT2D eigenvalue weighted by atomic mass is 10.0. The number of amides is 1. The van der Waals surface area contributed by atoms with Crippen molar-refractivity contribution in [1.82, 2.24) is 5.32 Å². The maximum Gasteiger partial charge on any atom is 0.306 e. The number of carbonyl (C=O) groups excluding carboxylic acids is 2. The van der Waals surface area contributed by atoms with Crippen molar-refractivity contribution in [3.8, 4) is 0 Å². The minimum Gasteiger partial charge on any atom is -0.756 e. The lowest BCUT2D eigenvalue weighted by Crippen LogP contribution is -2.47. The highest BCUT2D eigenvalue weighted by atomic mass is 31.2. The quantitative estimate of drug-likeness (QED) is 0.0212. The summed E-state index contributed by atoms with van der Waals surface area (Å²) in [6.07, 6.45) is 72.3. The number of likely N-dealkylation sites (N-methyl/N-ethyl adjacent to an activating group) is 1. The molecule has 0 rings (SSSR count). The van der Waals surface area contributed by atoms with Crippen LogP contribution in [-0.4, -0.2) is 69.4 Å². The summed E-state index contributed by atoms with van der Waals surface area (Å²) in [5.74, 6) is -0.600. The third-order valence-electron chi connectivity index (χ3n) is 13.0. The van der Waals surface area contributed by atoms with Gasteiger partial charge in [0.15, 0.2) is 0 Å². The number of carbonyl (C=O) groups is 2. The van der Waals surface area contributed by atoms with Gasteiger partial charge in [-0.15, -0.1) is 0 Å². The molecule has 0 aliphatic heterocycles. The van der Waals surface area contributed by atoms with Gasteiger partial charge in [-0.1, -0.05) is 227 Å². The summed E-state index contributed by atoms with van der Waals surface area (Å²) in [6, 6.07) is -0.913. The predicted molar refractivity (Wildman–Crippen MR) is 321 cm³/mol. The second-order valence-electron chi connectivity index (χ2n) is 21.5. The minimum atomic E-state index is -4.71. The van der Waals surface area contributed by atoms with Gasteiger partial charge in [-0.3, -0.25) is 14.2 Å². The number of nitrogens with one attached hydrogen (secondary N) is 1. The van der Waals surface area contributed by atoms with Gasteiger partial charge in [0, 0.05) is 12.8 Å². The molecule has 0 radical (unpaired) electrons. The molecule has 0 aliphatic carbocycles. The van der Waals surface area contributed by atoms with E-state index in [0.717, 1.165) is 103 Å². The number of ether oxygens (including phenoxy) is 1. The van der Waals surface area contributed by atoms with Crippen LogP contribution in [0.4, 0.5) is 0 Å². The second kappa shape index (κ2) is 54.3. The van der Waals surface area contributed by atoms with Crippen LogP contribution < -0.4 is 10.2 Å². The van der Waals surface area contributed by atoms with E-state index in [4.69, 9.17) is 13.8 Å². The number of rotatable bonds is 54. The molecule has 0 fully saturated rings. The first-order valence-corrected chi connectivity index (χ1v) is 32.0. The van der Waals surface area contributed by atoms with Crippen LogP contribution in [0.2, 0.25) is 0 Å². The summed E-state index contributed by atoms with van der Waals surface area (Å²) in [7, 11) is 1.15. The predicted octanol–water partition coefficient (Wildman–Crippen LogP) is 18.1. The zero-order valence-electron chi connectivity index (χ0n) is 49.2. The minimum absolute atomic E-state index is 0.0343. The van der Waals surface area contributed by atoms with Crippen LogP contribution in [0.25, 0.3) is 0 Å². The smallest absolute Gasteiger partial charge is 0.306 e. The SMILES string of the molecule is CC/C=C\C/C=C\C/C=C\C/C=C\C/C=C\C/C=C\CCCCC(=O)OC(/C=C\CCCCCCCCCCCCC)C(COP(=O)([O-])OCC[N+](C)(C)C)NC(=O)CCCCCCCCC/C=C\CCCCCC. The van der Waals surface area contributed by atoms with Crippen LogP contribution in [0.3, 0.4) is 0 Å². The van der Waals surface area contributed by atoms with Crippen molar-refractivity contribution in [2.75, 3.05) is 40.9 Å². The average molecular weight is 1070 g/mol. The molecule has 0 aliphatic rings. The van der Waals surface area contributed by atoms with Gasteiger partial charge in [0.1, 0.15) is 19.3 Å². The van der Waals surface area contributed by atoms with Gasteiger partial charge in [-0.2, -0.15) is 0 Å². The second-order valence-corrected chi connectivity index (χ2v) is 22.9. The van der Waals surface area contributed by atoms with Gasteiger partial charge in [0.25, 0.3) is 7.82 Å². The molecule has 0 bridgehead atoms. The summed E-state index contributed by atoms with van der Waals surface area (Å²) in [6.45, 7) is 6.68. The molecule has 1 N–H and O–H groups in total. The van der Waals surface area contributed by atoms with Gasteiger partial charge in [0.05, 0.1) is 33.8 Å². The molecule has 432 valence electrons. The van der Waals surface area contributed by atoms with E-state index in [1.807, 2.05) is 33.3 Å². The number of hydrogen-bond donors (Lipinski definition) is 1. The van der Waals surface area contributed by atoms with Crippen molar-refractivity contribution in [2.45, 2.75) is 264 Å². The Morgan fingerprint density at radius 3 is 1.32 bits per heavy atom. The van der Waals surface area contributed by atoms with Crippen molar-refractivity contribution in [3.05, 3.63) is 97.2 Å². The first-order chi connectivity index (χ1) is 36.4. The number of phosphoric acid groups is 1. The fourth-order valence-corrected chi connectivity index (χ4v) is 9.01. The summed E-state index contributed by atoms with van der Waals surface area (Å²) in [5.41, 5.74) is 0. The maximum absolute atomic E-state index is 13.5. The number of hydrogen-bond acceptors (Lipinski definition) is 7. The number of phosphoric ester groups is 1. The first-order valence-electron chi connectivity index (χ1n) is 30.5. The van der Waals surface area contributed by atoms with E-state index in [1.165, 1.54) is 109 Å². The molecule has 0 heterocycles. The number of unbranched alkanes of at least 4 members (excludes halogenated alkanes) is 24. The molecular weight excluding hydrogens is 952 g/mol. The summed E-state index contributed by atoms with van der Waals surface area (Å²) < 4.78 is 30.3. The molecule has 0 spiro atoms. The van der Waals surface area contributed by atoms with Gasteiger partial charge >= 0.3 is 5.97 Å². The molecule has 75 heavy (non-hydrogen) atoms. The van der Waals surface area contributed by atoms with Crippen molar-refractivity contribution in [2.24, 2.45) is 0 Å². The summed E-state index contributed by atoms with van der Waals surface area (Å²) >= 11 is 0. The molecule has 10 heteroatoms. The van der Waals surface area contributed by atoms with E-state index < -0.39 is 26.6 Å². The van der Waals surface area contributed by atoms with E-state index in [9.17, 15) is 19.0 Å². The van der Waals surface area contributed by atoms with Crippen molar-refractivity contribution < 1.29 is 37.3 Å². The fraction of sp³-hybridized carbons (Fsp3) is 0.723. The zero-order valence-corrected chi connectivity index (χ0v) is 50.1. The average Bonchev–Trinajstić information content (AvgIpc) is 3.37. The highest BCUT2D eigenvalue weighted by molar-refractivity contribution is 7.45. The van der Waals surface area contributed by atoms with Gasteiger partial charge < -0.3 is 28.5 Å².